The number of amides is 1. The largest absolute Gasteiger partial charge is 0.331 e. The molecule has 1 fully saturated rings. The molecule has 1 atom stereocenters. The van der Waals surface area contributed by atoms with E-state index in [0.29, 0.717) is 11.4 Å². The van der Waals surface area contributed by atoms with Crippen molar-refractivity contribution in [1.82, 2.24) is 25.1 Å². The molecule has 1 N–H and O–H groups in total. The van der Waals surface area contributed by atoms with Gasteiger partial charge < -0.3 is 4.90 Å². The fraction of sp³-hybridized carbons (Fsp3) is 0.556. The van der Waals surface area contributed by atoms with E-state index >= 15 is 0 Å². The predicted molar refractivity (Wildman–Crippen MR) is 91.8 cm³/mol. The average molecular weight is 327 g/mol. The Morgan fingerprint density at radius 3 is 2.62 bits per heavy atom. The van der Waals surface area contributed by atoms with Gasteiger partial charge in [-0.15, -0.1) is 0 Å². The molecule has 0 unspecified atom stereocenters. The molecule has 1 aliphatic heterocycles. The van der Waals surface area contributed by atoms with Crippen LogP contribution in [0.4, 0.5) is 0 Å². The molecule has 3 rings (SSSR count). The summed E-state index contributed by atoms with van der Waals surface area (Å²) in [5, 5.41) is 7.39. The monoisotopic (exact) mass is 327 g/mol. The first-order valence-corrected chi connectivity index (χ1v) is 8.61. The molecule has 0 spiro atoms. The molecule has 2 aromatic rings. The Hall–Kier alpha value is -2.24. The number of aromatic nitrogens is 4. The Kier molecular flexibility index (Phi) is 4.64. The van der Waals surface area contributed by atoms with E-state index in [-0.39, 0.29) is 11.9 Å². The Morgan fingerprint density at radius 2 is 1.96 bits per heavy atom. The highest BCUT2D eigenvalue weighted by Gasteiger charge is 2.31. The van der Waals surface area contributed by atoms with Gasteiger partial charge in [-0.3, -0.25) is 9.89 Å². The summed E-state index contributed by atoms with van der Waals surface area (Å²) in [4.78, 5) is 23.8. The highest BCUT2D eigenvalue weighted by Crippen LogP contribution is 2.34. The Balaban J connectivity index is 2.00. The molecule has 0 saturated carbocycles. The summed E-state index contributed by atoms with van der Waals surface area (Å²) >= 11 is 0. The fourth-order valence-electron chi connectivity index (χ4n) is 3.65. The van der Waals surface area contributed by atoms with Gasteiger partial charge in [-0.1, -0.05) is 12.8 Å². The molecule has 128 valence electrons. The van der Waals surface area contributed by atoms with Gasteiger partial charge in [0.1, 0.15) is 5.82 Å². The molecule has 2 aromatic heterocycles. The number of hydrogen-bond donors (Lipinski definition) is 1. The lowest BCUT2D eigenvalue weighted by Crippen LogP contribution is -2.36. The standard InChI is InChI=1S/C18H25N5O/c1-11-15(10-19-14(4)20-11)18(24)23-9-7-5-6-8-16(23)17-12(2)21-22-13(17)3/h10,16H,5-9H2,1-4H3,(H,21,22)/t16-/m0/s1. The quantitative estimate of drug-likeness (QED) is 0.919. The topological polar surface area (TPSA) is 74.8 Å². The van der Waals surface area contributed by atoms with E-state index in [1.165, 1.54) is 0 Å². The van der Waals surface area contributed by atoms with Crippen LogP contribution in [0.3, 0.4) is 0 Å². The lowest BCUT2D eigenvalue weighted by molar-refractivity contribution is 0.0678. The number of carbonyl (C=O) groups is 1. The molecule has 1 amide bonds. The second-order valence-corrected chi connectivity index (χ2v) is 6.63. The van der Waals surface area contributed by atoms with Crippen LogP contribution in [0.15, 0.2) is 6.20 Å². The average Bonchev–Trinajstić information content (AvgIpc) is 2.75. The van der Waals surface area contributed by atoms with Gasteiger partial charge in [-0.2, -0.15) is 5.10 Å². The Labute approximate surface area is 142 Å². The van der Waals surface area contributed by atoms with E-state index in [9.17, 15) is 4.79 Å². The zero-order valence-electron chi connectivity index (χ0n) is 14.9. The maximum atomic E-state index is 13.2. The van der Waals surface area contributed by atoms with E-state index in [4.69, 9.17) is 0 Å². The van der Waals surface area contributed by atoms with Crippen LogP contribution < -0.4 is 0 Å². The first-order chi connectivity index (χ1) is 11.5. The molecular weight excluding hydrogens is 302 g/mol. The van der Waals surface area contributed by atoms with Crippen molar-refractivity contribution in [3.8, 4) is 0 Å². The number of nitrogens with one attached hydrogen (secondary N) is 1. The van der Waals surface area contributed by atoms with Crippen molar-refractivity contribution < 1.29 is 4.79 Å². The van der Waals surface area contributed by atoms with Crippen LogP contribution in [0.25, 0.3) is 0 Å². The van der Waals surface area contributed by atoms with Gasteiger partial charge >= 0.3 is 0 Å². The van der Waals surface area contributed by atoms with Crippen LogP contribution in [-0.4, -0.2) is 37.5 Å². The van der Waals surface area contributed by atoms with E-state index in [2.05, 4.69) is 20.2 Å². The third-order valence-electron chi connectivity index (χ3n) is 4.86. The maximum Gasteiger partial charge on any atom is 0.257 e. The molecule has 0 radical (unpaired) electrons. The molecule has 0 bridgehead atoms. The fourth-order valence-corrected chi connectivity index (χ4v) is 3.65. The summed E-state index contributed by atoms with van der Waals surface area (Å²) in [6.45, 7) is 8.52. The van der Waals surface area contributed by atoms with Crippen LogP contribution in [0.1, 0.15) is 70.6 Å². The maximum absolute atomic E-state index is 13.2. The minimum absolute atomic E-state index is 0.0272. The van der Waals surface area contributed by atoms with Crippen molar-refractivity contribution in [3.05, 3.63) is 40.2 Å². The normalized spacial score (nSPS) is 18.5. The number of likely N-dealkylation sites (tertiary alicyclic amines) is 1. The third-order valence-corrected chi connectivity index (χ3v) is 4.86. The van der Waals surface area contributed by atoms with Gasteiger partial charge in [-0.05, 0) is 40.5 Å². The van der Waals surface area contributed by atoms with E-state index in [0.717, 1.165) is 54.9 Å². The molecule has 0 aromatic carbocycles. The number of hydrogen-bond acceptors (Lipinski definition) is 4. The number of H-pyrrole nitrogens is 1. The summed E-state index contributed by atoms with van der Waals surface area (Å²) < 4.78 is 0. The van der Waals surface area contributed by atoms with Crippen molar-refractivity contribution in [2.75, 3.05) is 6.54 Å². The lowest BCUT2D eigenvalue weighted by Gasteiger charge is -2.31. The van der Waals surface area contributed by atoms with Crippen molar-refractivity contribution in [3.63, 3.8) is 0 Å². The third kappa shape index (κ3) is 3.05. The first kappa shape index (κ1) is 16.6. The molecule has 1 saturated heterocycles. The van der Waals surface area contributed by atoms with Crippen molar-refractivity contribution in [2.45, 2.75) is 59.4 Å². The van der Waals surface area contributed by atoms with Crippen molar-refractivity contribution in [2.24, 2.45) is 0 Å². The summed E-state index contributed by atoms with van der Waals surface area (Å²) in [7, 11) is 0. The molecule has 0 aliphatic carbocycles. The van der Waals surface area contributed by atoms with E-state index in [1.807, 2.05) is 32.6 Å². The van der Waals surface area contributed by atoms with Crippen molar-refractivity contribution >= 4 is 5.91 Å². The summed E-state index contributed by atoms with van der Waals surface area (Å²) in [5.74, 6) is 0.720. The van der Waals surface area contributed by atoms with Gasteiger partial charge in [0.25, 0.3) is 5.91 Å². The highest BCUT2D eigenvalue weighted by molar-refractivity contribution is 5.95. The lowest BCUT2D eigenvalue weighted by atomic mass is 9.98. The summed E-state index contributed by atoms with van der Waals surface area (Å²) in [6.07, 6.45) is 5.95. The van der Waals surface area contributed by atoms with Crippen molar-refractivity contribution in [1.29, 1.82) is 0 Å². The van der Waals surface area contributed by atoms with Crippen LogP contribution in [0, 0.1) is 27.7 Å². The highest BCUT2D eigenvalue weighted by atomic mass is 16.2. The van der Waals surface area contributed by atoms with Crippen LogP contribution in [-0.2, 0) is 0 Å². The molecule has 1 aliphatic rings. The Bertz CT molecular complexity index is 732. The number of carbonyl (C=O) groups excluding carboxylic acids is 1. The molecule has 6 nitrogen and oxygen atoms in total. The van der Waals surface area contributed by atoms with Gasteiger partial charge in [0.2, 0.25) is 0 Å². The molecular formula is C18H25N5O. The molecule has 6 heteroatoms. The summed E-state index contributed by atoms with van der Waals surface area (Å²) in [5.41, 5.74) is 4.54. The zero-order valence-corrected chi connectivity index (χ0v) is 14.9. The predicted octanol–water partition coefficient (Wildman–Crippen LogP) is 3.19. The Morgan fingerprint density at radius 1 is 1.17 bits per heavy atom. The smallest absolute Gasteiger partial charge is 0.257 e. The van der Waals surface area contributed by atoms with Crippen LogP contribution in [0.5, 0.6) is 0 Å². The second kappa shape index (κ2) is 6.71. The second-order valence-electron chi connectivity index (χ2n) is 6.63. The van der Waals surface area contributed by atoms with Crippen LogP contribution >= 0.6 is 0 Å². The molecule has 3 heterocycles. The van der Waals surface area contributed by atoms with E-state index < -0.39 is 0 Å². The van der Waals surface area contributed by atoms with Gasteiger partial charge in [0.15, 0.2) is 0 Å². The number of aryl methyl sites for hydroxylation is 4. The summed E-state index contributed by atoms with van der Waals surface area (Å²) in [6, 6.07) is 0.0689. The first-order valence-electron chi connectivity index (χ1n) is 8.61. The van der Waals surface area contributed by atoms with Gasteiger partial charge in [0.05, 0.1) is 23.0 Å². The van der Waals surface area contributed by atoms with E-state index in [1.54, 1.807) is 6.20 Å². The number of nitrogens with zero attached hydrogens (tertiary/aromatic N) is 4. The minimum atomic E-state index is 0.0272. The van der Waals surface area contributed by atoms with Gasteiger partial charge in [-0.25, -0.2) is 9.97 Å². The minimum Gasteiger partial charge on any atom is -0.331 e. The molecule has 24 heavy (non-hydrogen) atoms. The van der Waals surface area contributed by atoms with Crippen LogP contribution in [0.2, 0.25) is 0 Å². The zero-order chi connectivity index (χ0) is 17.3. The SMILES string of the molecule is Cc1ncc(C(=O)N2CCCCC[C@H]2c2c(C)n[nH]c2C)c(C)n1. The number of aromatic amines is 1. The number of rotatable bonds is 2. The van der Waals surface area contributed by atoms with Gasteiger partial charge in [0, 0.05) is 24.0 Å².